The van der Waals surface area contributed by atoms with E-state index < -0.39 is 0 Å². The third kappa shape index (κ3) is 2.61. The van der Waals surface area contributed by atoms with Gasteiger partial charge in [0.25, 0.3) is 0 Å². The van der Waals surface area contributed by atoms with Crippen molar-refractivity contribution >= 4 is 11.0 Å². The van der Waals surface area contributed by atoms with Crippen LogP contribution in [0.1, 0.15) is 22.8 Å². The monoisotopic (exact) mass is 265 g/mol. The summed E-state index contributed by atoms with van der Waals surface area (Å²) in [4.78, 5) is 0. The van der Waals surface area contributed by atoms with Gasteiger partial charge in [0.1, 0.15) is 11.3 Å². The normalized spacial score (nSPS) is 12.7. The Morgan fingerprint density at radius 3 is 2.60 bits per heavy atom. The minimum absolute atomic E-state index is 0.304. The van der Waals surface area contributed by atoms with Crippen molar-refractivity contribution in [1.29, 1.82) is 0 Å². The molecule has 102 valence electrons. The Hall–Kier alpha value is -2.06. The molecule has 0 spiro atoms. The van der Waals surface area contributed by atoms with Gasteiger partial charge in [-0.3, -0.25) is 0 Å². The lowest BCUT2D eigenvalue weighted by atomic mass is 9.95. The average Bonchev–Trinajstić information content (AvgIpc) is 2.87. The molecule has 2 aromatic carbocycles. The van der Waals surface area contributed by atoms with E-state index in [1.165, 1.54) is 16.5 Å². The van der Waals surface area contributed by atoms with E-state index in [9.17, 15) is 0 Å². The second-order valence-electron chi connectivity index (χ2n) is 5.30. The van der Waals surface area contributed by atoms with Crippen LogP contribution in [0.4, 0.5) is 0 Å². The predicted octanol–water partition coefficient (Wildman–Crippen LogP) is 4.03. The van der Waals surface area contributed by atoms with Crippen molar-refractivity contribution in [1.82, 2.24) is 0 Å². The van der Waals surface area contributed by atoms with Crippen LogP contribution in [0.15, 0.2) is 59.0 Å². The third-order valence-electron chi connectivity index (χ3n) is 3.73. The summed E-state index contributed by atoms with van der Waals surface area (Å²) in [6.07, 6.45) is 0.842. The number of aryl methyl sites for hydroxylation is 1. The van der Waals surface area contributed by atoms with Gasteiger partial charge >= 0.3 is 0 Å². The maximum Gasteiger partial charge on any atom is 0.134 e. The Morgan fingerprint density at radius 2 is 1.85 bits per heavy atom. The van der Waals surface area contributed by atoms with Crippen LogP contribution in [0.25, 0.3) is 11.0 Å². The van der Waals surface area contributed by atoms with Crippen LogP contribution in [0.2, 0.25) is 0 Å². The number of nitrogens with two attached hydrogens (primary N) is 1. The number of hydrogen-bond donors (Lipinski definition) is 1. The molecule has 0 fully saturated rings. The Balaban J connectivity index is 1.87. The second kappa shape index (κ2) is 5.51. The van der Waals surface area contributed by atoms with Gasteiger partial charge in [0, 0.05) is 17.7 Å². The maximum absolute atomic E-state index is 5.93. The van der Waals surface area contributed by atoms with Crippen LogP contribution in [0, 0.1) is 6.92 Å². The average molecular weight is 265 g/mol. The molecule has 0 aliphatic rings. The molecule has 1 heterocycles. The molecule has 1 atom stereocenters. The van der Waals surface area contributed by atoms with E-state index in [0.717, 1.165) is 17.8 Å². The highest BCUT2D eigenvalue weighted by Gasteiger charge is 2.13. The first-order chi connectivity index (χ1) is 9.76. The summed E-state index contributed by atoms with van der Waals surface area (Å²) in [5.74, 6) is 1.31. The lowest BCUT2D eigenvalue weighted by molar-refractivity contribution is 0.518. The zero-order chi connectivity index (χ0) is 13.9. The number of furan rings is 1. The molecule has 0 radical (unpaired) electrons. The largest absolute Gasteiger partial charge is 0.461 e. The highest BCUT2D eigenvalue weighted by molar-refractivity contribution is 5.78. The van der Waals surface area contributed by atoms with E-state index >= 15 is 0 Å². The lowest BCUT2D eigenvalue weighted by Crippen LogP contribution is -2.14. The molecular weight excluding hydrogens is 246 g/mol. The molecule has 0 bridgehead atoms. The Labute approximate surface area is 119 Å². The zero-order valence-electron chi connectivity index (χ0n) is 11.7. The molecule has 2 heteroatoms. The van der Waals surface area contributed by atoms with Gasteiger partial charge in [-0.1, -0.05) is 42.0 Å². The van der Waals surface area contributed by atoms with E-state index in [4.69, 9.17) is 10.2 Å². The highest BCUT2D eigenvalue weighted by Crippen LogP contribution is 2.25. The molecule has 1 unspecified atom stereocenters. The first kappa shape index (κ1) is 12.9. The van der Waals surface area contributed by atoms with Crippen LogP contribution < -0.4 is 5.73 Å². The van der Waals surface area contributed by atoms with Gasteiger partial charge in [0.05, 0.1) is 0 Å². The topological polar surface area (TPSA) is 39.2 Å². The Kier molecular flexibility index (Phi) is 3.57. The Bertz CT molecular complexity index is 700. The van der Waals surface area contributed by atoms with E-state index in [-0.39, 0.29) is 0 Å². The number of rotatable bonds is 4. The second-order valence-corrected chi connectivity index (χ2v) is 5.30. The fourth-order valence-electron chi connectivity index (χ4n) is 2.62. The summed E-state index contributed by atoms with van der Waals surface area (Å²) in [6.45, 7) is 2.72. The van der Waals surface area contributed by atoms with Gasteiger partial charge in [-0.25, -0.2) is 0 Å². The van der Waals surface area contributed by atoms with Crippen molar-refractivity contribution in [2.45, 2.75) is 19.3 Å². The highest BCUT2D eigenvalue weighted by atomic mass is 16.3. The third-order valence-corrected chi connectivity index (χ3v) is 3.73. The number of hydrogen-bond acceptors (Lipinski definition) is 2. The molecule has 3 aromatic rings. The minimum atomic E-state index is 0.304. The molecular formula is C18H19NO. The van der Waals surface area contributed by atoms with E-state index in [0.29, 0.717) is 12.5 Å². The van der Waals surface area contributed by atoms with Crippen LogP contribution >= 0.6 is 0 Å². The van der Waals surface area contributed by atoms with Crippen molar-refractivity contribution < 1.29 is 4.42 Å². The first-order valence-corrected chi connectivity index (χ1v) is 7.00. The minimum Gasteiger partial charge on any atom is -0.461 e. The fraction of sp³-hybridized carbons (Fsp3) is 0.222. The summed E-state index contributed by atoms with van der Waals surface area (Å²) >= 11 is 0. The van der Waals surface area contributed by atoms with Crippen LogP contribution in [-0.4, -0.2) is 6.54 Å². The van der Waals surface area contributed by atoms with Crippen molar-refractivity contribution in [3.8, 4) is 0 Å². The maximum atomic E-state index is 5.93. The van der Waals surface area contributed by atoms with E-state index in [2.05, 4.69) is 49.4 Å². The van der Waals surface area contributed by atoms with Gasteiger partial charge in [-0.05, 0) is 37.2 Å². The van der Waals surface area contributed by atoms with Gasteiger partial charge < -0.3 is 10.2 Å². The molecule has 0 amide bonds. The Morgan fingerprint density at radius 1 is 1.05 bits per heavy atom. The smallest absolute Gasteiger partial charge is 0.134 e. The molecule has 0 saturated heterocycles. The molecule has 0 aliphatic carbocycles. The summed E-state index contributed by atoms with van der Waals surface area (Å²) in [7, 11) is 0. The van der Waals surface area contributed by atoms with Crippen LogP contribution in [0.5, 0.6) is 0 Å². The summed E-state index contributed by atoms with van der Waals surface area (Å²) in [5, 5.41) is 1.17. The molecule has 20 heavy (non-hydrogen) atoms. The summed E-state index contributed by atoms with van der Waals surface area (Å²) in [5.41, 5.74) is 9.41. The van der Waals surface area contributed by atoms with Gasteiger partial charge in [-0.15, -0.1) is 0 Å². The van der Waals surface area contributed by atoms with Crippen molar-refractivity contribution in [2.24, 2.45) is 5.73 Å². The van der Waals surface area contributed by atoms with Crippen molar-refractivity contribution in [2.75, 3.05) is 6.54 Å². The van der Waals surface area contributed by atoms with Gasteiger partial charge in [0.15, 0.2) is 0 Å². The quantitative estimate of drug-likeness (QED) is 0.773. The van der Waals surface area contributed by atoms with Gasteiger partial charge in [-0.2, -0.15) is 0 Å². The summed E-state index contributed by atoms with van der Waals surface area (Å²) < 4.78 is 5.92. The predicted molar refractivity (Wildman–Crippen MR) is 82.9 cm³/mol. The lowest BCUT2D eigenvalue weighted by Gasteiger charge is -2.13. The van der Waals surface area contributed by atoms with Crippen molar-refractivity contribution in [3.05, 3.63) is 71.5 Å². The molecule has 3 rings (SSSR count). The van der Waals surface area contributed by atoms with Crippen molar-refractivity contribution in [3.63, 3.8) is 0 Å². The number of benzene rings is 2. The van der Waals surface area contributed by atoms with Crippen LogP contribution in [0.3, 0.4) is 0 Å². The summed E-state index contributed by atoms with van der Waals surface area (Å²) in [6, 6.07) is 18.8. The standard InChI is InChI=1S/C18H19NO/c1-13-7-8-18-15(9-13)10-17(20-18)11-16(12-19)14-5-3-2-4-6-14/h2-10,16H,11-12,19H2,1H3. The van der Waals surface area contributed by atoms with E-state index in [1.54, 1.807) is 0 Å². The molecule has 2 nitrogen and oxygen atoms in total. The first-order valence-electron chi connectivity index (χ1n) is 7.00. The SMILES string of the molecule is Cc1ccc2oc(CC(CN)c3ccccc3)cc2c1. The molecule has 0 saturated carbocycles. The number of fused-ring (bicyclic) bond motifs is 1. The van der Waals surface area contributed by atoms with E-state index in [1.807, 2.05) is 12.1 Å². The van der Waals surface area contributed by atoms with Gasteiger partial charge in [0.2, 0.25) is 0 Å². The molecule has 2 N–H and O–H groups in total. The molecule has 0 aliphatic heterocycles. The fourth-order valence-corrected chi connectivity index (χ4v) is 2.62. The van der Waals surface area contributed by atoms with Crippen LogP contribution in [-0.2, 0) is 6.42 Å². The molecule has 1 aromatic heterocycles. The zero-order valence-corrected chi connectivity index (χ0v) is 11.7.